The molecule has 15 heavy (non-hydrogen) atoms. The summed E-state index contributed by atoms with van der Waals surface area (Å²) < 4.78 is 9.66. The first-order valence-corrected chi connectivity index (χ1v) is 4.65. The Hall–Kier alpha value is -1.78. The molecular weight excluding hydrogens is 196 g/mol. The first-order valence-electron chi connectivity index (χ1n) is 4.65. The van der Waals surface area contributed by atoms with Gasteiger partial charge < -0.3 is 14.8 Å². The molecule has 0 aliphatic carbocycles. The van der Waals surface area contributed by atoms with Gasteiger partial charge in [-0.1, -0.05) is 0 Å². The minimum absolute atomic E-state index is 0.131. The molecule has 0 saturated heterocycles. The zero-order valence-corrected chi connectivity index (χ0v) is 8.82. The molecule has 0 aliphatic heterocycles. The van der Waals surface area contributed by atoms with Crippen LogP contribution < -0.4 is 10.1 Å². The maximum atomic E-state index is 10.8. The number of nitrogens with zero attached hydrogens (tertiary/aromatic N) is 1. The van der Waals surface area contributed by atoms with Gasteiger partial charge in [-0.15, -0.1) is 0 Å². The number of anilines is 1. The van der Waals surface area contributed by atoms with Crippen LogP contribution in [0.25, 0.3) is 0 Å². The first-order chi connectivity index (χ1) is 7.26. The second-order valence-corrected chi connectivity index (χ2v) is 2.75. The summed E-state index contributed by atoms with van der Waals surface area (Å²) in [6.45, 7) is 2.61. The van der Waals surface area contributed by atoms with Gasteiger partial charge in [0.1, 0.15) is 6.54 Å². The largest absolute Gasteiger partial charge is 0.478 e. The van der Waals surface area contributed by atoms with Crippen LogP contribution >= 0.6 is 0 Å². The van der Waals surface area contributed by atoms with Crippen LogP contribution in [0.2, 0.25) is 0 Å². The van der Waals surface area contributed by atoms with Crippen molar-refractivity contribution in [2.24, 2.45) is 0 Å². The second kappa shape index (κ2) is 5.85. The summed E-state index contributed by atoms with van der Waals surface area (Å²) in [5, 5.41) is 2.87. The minimum atomic E-state index is -0.316. The lowest BCUT2D eigenvalue weighted by atomic mass is 10.4. The molecule has 1 heterocycles. The average Bonchev–Trinajstić information content (AvgIpc) is 2.28. The van der Waals surface area contributed by atoms with Gasteiger partial charge in [0.05, 0.1) is 25.6 Å². The van der Waals surface area contributed by atoms with Gasteiger partial charge in [0.15, 0.2) is 0 Å². The Bertz CT molecular complexity index is 311. The van der Waals surface area contributed by atoms with Crippen LogP contribution in [0, 0.1) is 0 Å². The molecule has 0 amide bonds. The molecule has 0 radical (unpaired) electrons. The van der Waals surface area contributed by atoms with E-state index >= 15 is 0 Å². The maximum absolute atomic E-state index is 10.8. The zero-order valence-electron chi connectivity index (χ0n) is 8.82. The summed E-state index contributed by atoms with van der Waals surface area (Å²) in [5.41, 5.74) is 0.754. The van der Waals surface area contributed by atoms with Gasteiger partial charge in [0.25, 0.3) is 0 Å². The van der Waals surface area contributed by atoms with Gasteiger partial charge in [0, 0.05) is 6.07 Å². The van der Waals surface area contributed by atoms with Gasteiger partial charge in [-0.3, -0.25) is 4.79 Å². The number of hydrogen-bond donors (Lipinski definition) is 1. The molecule has 82 valence electrons. The van der Waals surface area contributed by atoms with Crippen LogP contribution in [0.3, 0.4) is 0 Å². The topological polar surface area (TPSA) is 60.5 Å². The SMILES string of the molecule is CCOc1ccc(NCC(=O)OC)cn1. The summed E-state index contributed by atoms with van der Waals surface area (Å²) in [5.74, 6) is 0.255. The molecule has 0 bridgehead atoms. The van der Waals surface area contributed by atoms with E-state index in [-0.39, 0.29) is 12.5 Å². The average molecular weight is 210 g/mol. The van der Waals surface area contributed by atoms with E-state index < -0.39 is 0 Å². The molecule has 5 heteroatoms. The lowest BCUT2D eigenvalue weighted by Crippen LogP contribution is -2.14. The van der Waals surface area contributed by atoms with Crippen molar-refractivity contribution in [3.8, 4) is 5.88 Å². The van der Waals surface area contributed by atoms with Gasteiger partial charge in [-0.2, -0.15) is 0 Å². The molecule has 1 aromatic heterocycles. The zero-order chi connectivity index (χ0) is 11.1. The van der Waals surface area contributed by atoms with E-state index in [0.29, 0.717) is 12.5 Å². The van der Waals surface area contributed by atoms with Crippen molar-refractivity contribution in [3.05, 3.63) is 18.3 Å². The van der Waals surface area contributed by atoms with E-state index in [0.717, 1.165) is 5.69 Å². The van der Waals surface area contributed by atoms with Crippen LogP contribution in [-0.4, -0.2) is 31.2 Å². The summed E-state index contributed by atoms with van der Waals surface area (Å²) in [6.07, 6.45) is 1.61. The van der Waals surface area contributed by atoms with Crippen LogP contribution in [-0.2, 0) is 9.53 Å². The van der Waals surface area contributed by atoms with Gasteiger partial charge >= 0.3 is 5.97 Å². The van der Waals surface area contributed by atoms with E-state index in [1.165, 1.54) is 7.11 Å². The number of rotatable bonds is 5. The van der Waals surface area contributed by atoms with Crippen LogP contribution in [0.1, 0.15) is 6.92 Å². The van der Waals surface area contributed by atoms with Crippen molar-refractivity contribution < 1.29 is 14.3 Å². The smallest absolute Gasteiger partial charge is 0.325 e. The third-order valence-electron chi connectivity index (χ3n) is 1.69. The number of pyridine rings is 1. The monoisotopic (exact) mass is 210 g/mol. The van der Waals surface area contributed by atoms with E-state index in [2.05, 4.69) is 15.0 Å². The fourth-order valence-corrected chi connectivity index (χ4v) is 0.965. The highest BCUT2D eigenvalue weighted by atomic mass is 16.5. The van der Waals surface area contributed by atoms with Crippen molar-refractivity contribution >= 4 is 11.7 Å². The molecule has 0 saturated carbocycles. The summed E-state index contributed by atoms with van der Waals surface area (Å²) >= 11 is 0. The lowest BCUT2D eigenvalue weighted by Gasteiger charge is -2.05. The molecule has 0 atom stereocenters. The Labute approximate surface area is 88.4 Å². The van der Waals surface area contributed by atoms with Crippen LogP contribution in [0.4, 0.5) is 5.69 Å². The molecule has 0 spiro atoms. The quantitative estimate of drug-likeness (QED) is 0.736. The lowest BCUT2D eigenvalue weighted by molar-refractivity contribution is -0.138. The Kier molecular flexibility index (Phi) is 4.40. The molecule has 0 unspecified atom stereocenters. The number of esters is 1. The normalized spacial score (nSPS) is 9.47. The second-order valence-electron chi connectivity index (χ2n) is 2.75. The van der Waals surface area contributed by atoms with Gasteiger partial charge in [-0.25, -0.2) is 4.98 Å². The molecule has 1 rings (SSSR count). The number of carbonyl (C=O) groups is 1. The van der Waals surface area contributed by atoms with Crippen molar-refractivity contribution in [1.82, 2.24) is 4.98 Å². The minimum Gasteiger partial charge on any atom is -0.478 e. The number of nitrogens with one attached hydrogen (secondary N) is 1. The predicted molar refractivity (Wildman–Crippen MR) is 55.9 cm³/mol. The van der Waals surface area contributed by atoms with E-state index in [1.807, 2.05) is 6.92 Å². The summed E-state index contributed by atoms with van der Waals surface area (Å²) in [7, 11) is 1.35. The molecule has 1 aromatic rings. The molecular formula is C10H14N2O3. The van der Waals surface area contributed by atoms with E-state index in [1.54, 1.807) is 18.3 Å². The Morgan fingerprint density at radius 3 is 2.87 bits per heavy atom. The number of methoxy groups -OCH3 is 1. The highest BCUT2D eigenvalue weighted by molar-refractivity contribution is 5.74. The standard InChI is InChI=1S/C10H14N2O3/c1-3-15-9-5-4-8(6-12-9)11-7-10(13)14-2/h4-6,11H,3,7H2,1-2H3. The third kappa shape index (κ3) is 3.84. The Morgan fingerprint density at radius 2 is 2.33 bits per heavy atom. The number of hydrogen-bond acceptors (Lipinski definition) is 5. The number of carbonyl (C=O) groups excluding carboxylic acids is 1. The highest BCUT2D eigenvalue weighted by Crippen LogP contribution is 2.10. The number of ether oxygens (including phenoxy) is 2. The van der Waals surface area contributed by atoms with Crippen molar-refractivity contribution in [2.75, 3.05) is 25.6 Å². The van der Waals surface area contributed by atoms with E-state index in [4.69, 9.17) is 4.74 Å². The fourth-order valence-electron chi connectivity index (χ4n) is 0.965. The number of aromatic nitrogens is 1. The molecule has 0 aromatic carbocycles. The maximum Gasteiger partial charge on any atom is 0.325 e. The Balaban J connectivity index is 2.45. The molecule has 0 aliphatic rings. The van der Waals surface area contributed by atoms with Gasteiger partial charge in [0.2, 0.25) is 5.88 Å². The summed E-state index contributed by atoms with van der Waals surface area (Å²) in [6, 6.07) is 3.53. The van der Waals surface area contributed by atoms with Crippen molar-refractivity contribution in [1.29, 1.82) is 0 Å². The van der Waals surface area contributed by atoms with Crippen molar-refractivity contribution in [3.63, 3.8) is 0 Å². The summed E-state index contributed by atoms with van der Waals surface area (Å²) in [4.78, 5) is 14.9. The third-order valence-corrected chi connectivity index (χ3v) is 1.69. The van der Waals surface area contributed by atoms with E-state index in [9.17, 15) is 4.79 Å². The molecule has 0 fully saturated rings. The molecule has 1 N–H and O–H groups in total. The van der Waals surface area contributed by atoms with Crippen LogP contribution in [0.15, 0.2) is 18.3 Å². The first kappa shape index (κ1) is 11.3. The molecule has 5 nitrogen and oxygen atoms in total. The predicted octanol–water partition coefficient (Wildman–Crippen LogP) is 1.07. The van der Waals surface area contributed by atoms with Crippen LogP contribution in [0.5, 0.6) is 5.88 Å². The van der Waals surface area contributed by atoms with Gasteiger partial charge in [-0.05, 0) is 13.0 Å². The van der Waals surface area contributed by atoms with Crippen molar-refractivity contribution in [2.45, 2.75) is 6.92 Å². The highest BCUT2D eigenvalue weighted by Gasteiger charge is 2.00. The Morgan fingerprint density at radius 1 is 1.53 bits per heavy atom. The fraction of sp³-hybridized carbons (Fsp3) is 0.400.